The summed E-state index contributed by atoms with van der Waals surface area (Å²) >= 11 is 0. The molecule has 0 spiro atoms. The minimum atomic E-state index is -4.68. The van der Waals surface area contributed by atoms with Gasteiger partial charge in [0, 0.05) is 5.56 Å². The Morgan fingerprint density at radius 2 is 1.75 bits per heavy atom. The highest BCUT2D eigenvalue weighted by Crippen LogP contribution is 2.35. The minimum absolute atomic E-state index is 0.101. The van der Waals surface area contributed by atoms with Crippen LogP contribution in [0.4, 0.5) is 22.0 Å². The van der Waals surface area contributed by atoms with Crippen LogP contribution in [-0.2, 0) is 12.1 Å². The molecule has 0 unspecified atom stereocenters. The molecule has 14 heteroatoms. The number of hydrogen-bond acceptors (Lipinski definition) is 6. The second kappa shape index (κ2) is 9.53. The normalized spacial score (nSPS) is 14.6. The summed E-state index contributed by atoms with van der Waals surface area (Å²) in [5.74, 6) is -1.25. The zero-order chi connectivity index (χ0) is 26.1. The van der Waals surface area contributed by atoms with Crippen LogP contribution < -0.4 is 10.4 Å². The van der Waals surface area contributed by atoms with E-state index in [9.17, 15) is 31.9 Å². The van der Waals surface area contributed by atoms with Gasteiger partial charge in [-0.15, -0.1) is 0 Å². The van der Waals surface area contributed by atoms with Gasteiger partial charge in [-0.3, -0.25) is 0 Å². The van der Waals surface area contributed by atoms with E-state index in [0.717, 1.165) is 33.8 Å². The van der Waals surface area contributed by atoms with Crippen molar-refractivity contribution in [2.45, 2.75) is 37.6 Å². The van der Waals surface area contributed by atoms with E-state index in [1.165, 1.54) is 54.6 Å². The summed E-state index contributed by atoms with van der Waals surface area (Å²) in [6, 6.07) is 8.74. The first-order chi connectivity index (χ1) is 17.0. The van der Waals surface area contributed by atoms with Crippen molar-refractivity contribution < 1.29 is 31.8 Å². The van der Waals surface area contributed by atoms with Gasteiger partial charge in [0.2, 0.25) is 0 Å². The highest BCUT2D eigenvalue weighted by molar-refractivity contribution is 5.37. The average molecular weight is 510 g/mol. The van der Waals surface area contributed by atoms with Crippen LogP contribution in [0.25, 0.3) is 5.69 Å². The van der Waals surface area contributed by atoms with Gasteiger partial charge < -0.3 is 9.84 Å². The number of alkyl halides is 4. The van der Waals surface area contributed by atoms with E-state index in [0.29, 0.717) is 0 Å². The number of nitrogens with zero attached hydrogens (tertiary/aromatic N) is 6. The molecule has 0 aliphatic rings. The maximum atomic E-state index is 14.7. The number of aromatic nitrogens is 6. The van der Waals surface area contributed by atoms with Crippen molar-refractivity contribution in [3.63, 3.8) is 0 Å². The number of halogens is 5. The molecule has 2 atom stereocenters. The molecular formula is C22H19F5N6O3. The number of aliphatic hydroxyl groups is 1. The molecule has 0 fully saturated rings. The zero-order valence-electron chi connectivity index (χ0n) is 18.5. The molecule has 2 heterocycles. The maximum absolute atomic E-state index is 14.7. The fraction of sp³-hybridized carbons (Fsp3) is 0.273. The summed E-state index contributed by atoms with van der Waals surface area (Å²) in [5.41, 5.74) is -2.70. The molecule has 9 nitrogen and oxygen atoms in total. The average Bonchev–Trinajstić information content (AvgIpc) is 3.48. The Labute approximate surface area is 200 Å². The van der Waals surface area contributed by atoms with Crippen molar-refractivity contribution >= 4 is 0 Å². The Kier molecular flexibility index (Phi) is 6.63. The number of hydrogen-bond donors (Lipinski definition) is 1. The van der Waals surface area contributed by atoms with Gasteiger partial charge in [0.1, 0.15) is 36.1 Å². The number of ether oxygens (including phenoxy) is 1. The molecule has 0 aliphatic heterocycles. The van der Waals surface area contributed by atoms with Crippen LogP contribution in [0.1, 0.15) is 18.5 Å². The standard InChI is InChI=1S/C22H19F5N6O3/c1-14(21(35,10-31-12-28-11-29-31)17-4-2-3-5-18(17)23)33-20(34)32(13-30-33)15-6-8-16(9-7-15)36-22(26,27)19(24)25/h2-9,11-14,19,35H,10H2,1H3/t14-,21-/m1/s1. The van der Waals surface area contributed by atoms with E-state index in [2.05, 4.69) is 19.9 Å². The van der Waals surface area contributed by atoms with Crippen molar-refractivity contribution in [3.05, 3.63) is 89.4 Å². The molecule has 0 amide bonds. The van der Waals surface area contributed by atoms with Crippen LogP contribution in [-0.4, -0.2) is 46.8 Å². The van der Waals surface area contributed by atoms with Crippen LogP contribution in [0, 0.1) is 5.82 Å². The lowest BCUT2D eigenvalue weighted by atomic mass is 9.86. The molecule has 4 rings (SSSR count). The van der Waals surface area contributed by atoms with Gasteiger partial charge in [0.15, 0.2) is 0 Å². The van der Waals surface area contributed by atoms with Gasteiger partial charge in [0.05, 0.1) is 18.3 Å². The molecule has 2 aromatic heterocycles. The van der Waals surface area contributed by atoms with Crippen molar-refractivity contribution in [3.8, 4) is 11.4 Å². The Morgan fingerprint density at radius 1 is 1.06 bits per heavy atom. The predicted molar refractivity (Wildman–Crippen MR) is 114 cm³/mol. The maximum Gasteiger partial charge on any atom is 0.461 e. The topological polar surface area (TPSA) is 100.0 Å². The van der Waals surface area contributed by atoms with Gasteiger partial charge in [-0.05, 0) is 37.3 Å². The van der Waals surface area contributed by atoms with E-state index in [1.54, 1.807) is 0 Å². The van der Waals surface area contributed by atoms with Gasteiger partial charge in [-0.2, -0.15) is 27.8 Å². The summed E-state index contributed by atoms with van der Waals surface area (Å²) < 4.78 is 72.9. The van der Waals surface area contributed by atoms with Gasteiger partial charge >= 0.3 is 18.2 Å². The summed E-state index contributed by atoms with van der Waals surface area (Å²) in [7, 11) is 0. The second-order valence-electron chi connectivity index (χ2n) is 7.86. The molecule has 4 aromatic rings. The predicted octanol–water partition coefficient (Wildman–Crippen LogP) is 3.15. The van der Waals surface area contributed by atoms with Crippen LogP contribution >= 0.6 is 0 Å². The lowest BCUT2D eigenvalue weighted by Crippen LogP contribution is -2.44. The third-order valence-electron chi connectivity index (χ3n) is 5.58. The lowest BCUT2D eigenvalue weighted by molar-refractivity contribution is -0.253. The molecule has 0 saturated heterocycles. The molecule has 0 aliphatic carbocycles. The van der Waals surface area contributed by atoms with Crippen LogP contribution in [0.3, 0.4) is 0 Å². The molecule has 1 N–H and O–H groups in total. The fourth-order valence-electron chi connectivity index (χ4n) is 3.65. The first-order valence-corrected chi connectivity index (χ1v) is 10.4. The number of benzene rings is 2. The van der Waals surface area contributed by atoms with E-state index < -0.39 is 41.4 Å². The molecule has 2 aromatic carbocycles. The molecule has 36 heavy (non-hydrogen) atoms. The van der Waals surface area contributed by atoms with Crippen molar-refractivity contribution in [2.24, 2.45) is 0 Å². The highest BCUT2D eigenvalue weighted by atomic mass is 19.3. The van der Waals surface area contributed by atoms with Crippen molar-refractivity contribution in [1.82, 2.24) is 29.1 Å². The largest absolute Gasteiger partial charge is 0.461 e. The van der Waals surface area contributed by atoms with Crippen LogP contribution in [0.2, 0.25) is 0 Å². The third kappa shape index (κ3) is 4.71. The SMILES string of the molecule is C[C@@H](n1ncn(-c2ccc(OC(F)(F)C(F)F)cc2)c1=O)[C@](O)(Cn1cncn1)c1ccccc1F. The lowest BCUT2D eigenvalue weighted by Gasteiger charge is -2.34. The smallest absolute Gasteiger partial charge is 0.428 e. The first-order valence-electron chi connectivity index (χ1n) is 10.4. The number of rotatable bonds is 9. The molecular weight excluding hydrogens is 491 g/mol. The van der Waals surface area contributed by atoms with Gasteiger partial charge in [-0.1, -0.05) is 18.2 Å². The molecule has 0 saturated carbocycles. The van der Waals surface area contributed by atoms with E-state index in [-0.39, 0.29) is 17.8 Å². The summed E-state index contributed by atoms with van der Waals surface area (Å²) in [5, 5.41) is 19.7. The van der Waals surface area contributed by atoms with Crippen molar-refractivity contribution in [1.29, 1.82) is 0 Å². The first kappa shape index (κ1) is 25.0. The minimum Gasteiger partial charge on any atom is -0.428 e. The van der Waals surface area contributed by atoms with Crippen LogP contribution in [0.5, 0.6) is 5.75 Å². The Morgan fingerprint density at radius 3 is 2.36 bits per heavy atom. The Bertz CT molecular complexity index is 1370. The molecule has 0 radical (unpaired) electrons. The Balaban J connectivity index is 1.67. The quantitative estimate of drug-likeness (QED) is 0.348. The molecule has 190 valence electrons. The van der Waals surface area contributed by atoms with Crippen LogP contribution in [0.15, 0.2) is 72.3 Å². The Hall–Kier alpha value is -4.07. The van der Waals surface area contributed by atoms with E-state index in [4.69, 9.17) is 0 Å². The second-order valence-corrected chi connectivity index (χ2v) is 7.86. The van der Waals surface area contributed by atoms with Gasteiger partial charge in [-0.25, -0.2) is 28.1 Å². The summed E-state index contributed by atoms with van der Waals surface area (Å²) in [4.78, 5) is 17.0. The third-order valence-corrected chi connectivity index (χ3v) is 5.58. The van der Waals surface area contributed by atoms with E-state index in [1.807, 2.05) is 0 Å². The molecule has 0 bridgehead atoms. The zero-order valence-corrected chi connectivity index (χ0v) is 18.5. The summed E-state index contributed by atoms with van der Waals surface area (Å²) in [6.07, 6.45) is -5.04. The highest BCUT2D eigenvalue weighted by Gasteiger charge is 2.44. The van der Waals surface area contributed by atoms with Crippen molar-refractivity contribution in [2.75, 3.05) is 0 Å². The van der Waals surface area contributed by atoms with Gasteiger partial charge in [0.25, 0.3) is 0 Å². The van der Waals surface area contributed by atoms with E-state index >= 15 is 0 Å². The monoisotopic (exact) mass is 510 g/mol. The fourth-order valence-corrected chi connectivity index (χ4v) is 3.65. The summed E-state index contributed by atoms with van der Waals surface area (Å²) in [6.45, 7) is 1.20.